The largest absolute Gasteiger partial charge is 0.435 e. The average Bonchev–Trinajstić information content (AvgIpc) is 2.70. The lowest BCUT2D eigenvalue weighted by molar-refractivity contribution is 0.423. The van der Waals surface area contributed by atoms with Crippen LogP contribution in [0.15, 0.2) is 0 Å². The fourth-order valence-corrected chi connectivity index (χ4v) is 2.27. The Hall–Kier alpha value is -1.89. The highest BCUT2D eigenvalue weighted by atomic mass is 32.1. The van der Waals surface area contributed by atoms with Crippen LogP contribution in [0.25, 0.3) is 0 Å². The summed E-state index contributed by atoms with van der Waals surface area (Å²) < 4.78 is 9.36. The second kappa shape index (κ2) is 4.65. The lowest BCUT2D eigenvalue weighted by Crippen LogP contribution is -2.11. The van der Waals surface area contributed by atoms with Crippen molar-refractivity contribution in [3.63, 3.8) is 0 Å². The van der Waals surface area contributed by atoms with Crippen molar-refractivity contribution in [2.75, 3.05) is 0 Å². The Morgan fingerprint density at radius 2 is 1.68 bits per heavy atom. The standard InChI is InChI=1S/C12H17N5OS/c1-6-9(11(13)19)12(17(5)14-6)18-10-7(2)15-16(4)8(10)3/h1-5H3,(H2,13,19). The van der Waals surface area contributed by atoms with Gasteiger partial charge < -0.3 is 10.5 Å². The topological polar surface area (TPSA) is 70.9 Å². The van der Waals surface area contributed by atoms with Crippen LogP contribution in [0.4, 0.5) is 0 Å². The quantitative estimate of drug-likeness (QED) is 0.862. The summed E-state index contributed by atoms with van der Waals surface area (Å²) in [6, 6.07) is 0. The number of hydrogen-bond acceptors (Lipinski definition) is 4. The molecule has 6 nitrogen and oxygen atoms in total. The molecule has 102 valence electrons. The first kappa shape index (κ1) is 13.5. The molecule has 0 aromatic carbocycles. The summed E-state index contributed by atoms with van der Waals surface area (Å²) in [5, 5.41) is 8.61. The Morgan fingerprint density at radius 3 is 2.16 bits per heavy atom. The van der Waals surface area contributed by atoms with E-state index in [1.54, 1.807) is 16.4 Å². The smallest absolute Gasteiger partial charge is 0.228 e. The van der Waals surface area contributed by atoms with E-state index in [4.69, 9.17) is 22.7 Å². The Labute approximate surface area is 117 Å². The van der Waals surface area contributed by atoms with Gasteiger partial charge in [0.1, 0.15) is 10.7 Å². The molecule has 0 spiro atoms. The SMILES string of the molecule is Cc1nn(C)c(C)c1Oc1c(C(N)=S)c(C)nn1C. The molecule has 2 aromatic heterocycles. The maximum absolute atomic E-state index is 5.95. The zero-order valence-electron chi connectivity index (χ0n) is 11.7. The van der Waals surface area contributed by atoms with Crippen LogP contribution in [0, 0.1) is 20.8 Å². The van der Waals surface area contributed by atoms with Crippen LogP contribution >= 0.6 is 12.2 Å². The van der Waals surface area contributed by atoms with Crippen molar-refractivity contribution in [3.8, 4) is 11.6 Å². The van der Waals surface area contributed by atoms with E-state index in [2.05, 4.69) is 10.2 Å². The lowest BCUT2D eigenvalue weighted by Gasteiger charge is -2.08. The molecule has 0 atom stereocenters. The normalized spacial score (nSPS) is 10.8. The molecule has 0 unspecified atom stereocenters. The summed E-state index contributed by atoms with van der Waals surface area (Å²) in [5.41, 5.74) is 8.91. The molecule has 2 heterocycles. The van der Waals surface area contributed by atoms with Gasteiger partial charge in [-0.05, 0) is 20.8 Å². The van der Waals surface area contributed by atoms with E-state index in [1.165, 1.54) is 0 Å². The van der Waals surface area contributed by atoms with Crippen LogP contribution < -0.4 is 10.5 Å². The second-order valence-electron chi connectivity index (χ2n) is 4.48. The average molecular weight is 279 g/mol. The van der Waals surface area contributed by atoms with Crippen LogP contribution in [0.2, 0.25) is 0 Å². The maximum atomic E-state index is 5.95. The van der Waals surface area contributed by atoms with E-state index in [0.717, 1.165) is 17.1 Å². The van der Waals surface area contributed by atoms with Crippen LogP contribution in [-0.2, 0) is 14.1 Å². The molecular formula is C12H17N5OS. The number of nitrogens with zero attached hydrogens (tertiary/aromatic N) is 4. The molecule has 2 rings (SSSR count). The van der Waals surface area contributed by atoms with Gasteiger partial charge in [0.25, 0.3) is 0 Å². The van der Waals surface area contributed by atoms with Crippen LogP contribution in [0.3, 0.4) is 0 Å². The highest BCUT2D eigenvalue weighted by molar-refractivity contribution is 7.80. The summed E-state index contributed by atoms with van der Waals surface area (Å²) in [5.74, 6) is 1.26. The Kier molecular flexibility index (Phi) is 3.32. The first-order chi connectivity index (χ1) is 8.82. The monoisotopic (exact) mass is 279 g/mol. The molecule has 0 aliphatic rings. The summed E-state index contributed by atoms with van der Waals surface area (Å²) in [7, 11) is 3.67. The third kappa shape index (κ3) is 2.21. The number of thiocarbonyl (C=S) groups is 1. The van der Waals surface area contributed by atoms with E-state index in [1.807, 2.05) is 27.8 Å². The van der Waals surface area contributed by atoms with E-state index >= 15 is 0 Å². The van der Waals surface area contributed by atoms with Gasteiger partial charge >= 0.3 is 0 Å². The fraction of sp³-hybridized carbons (Fsp3) is 0.417. The fourth-order valence-electron chi connectivity index (χ4n) is 2.04. The molecule has 0 amide bonds. The predicted octanol–water partition coefficient (Wildman–Crippen LogP) is 1.51. The number of rotatable bonds is 3. The van der Waals surface area contributed by atoms with Gasteiger partial charge in [-0.1, -0.05) is 12.2 Å². The number of aryl methyl sites for hydroxylation is 4. The second-order valence-corrected chi connectivity index (χ2v) is 4.92. The molecule has 0 fully saturated rings. The molecule has 0 aliphatic heterocycles. The van der Waals surface area contributed by atoms with Crippen LogP contribution in [0.1, 0.15) is 22.6 Å². The minimum absolute atomic E-state index is 0.278. The number of hydrogen-bond donors (Lipinski definition) is 1. The third-order valence-corrected chi connectivity index (χ3v) is 3.26. The van der Waals surface area contributed by atoms with Crippen LogP contribution in [-0.4, -0.2) is 24.5 Å². The molecule has 2 aromatic rings. The molecular weight excluding hydrogens is 262 g/mol. The van der Waals surface area contributed by atoms with E-state index in [0.29, 0.717) is 17.2 Å². The van der Waals surface area contributed by atoms with Gasteiger partial charge in [-0.25, -0.2) is 4.68 Å². The number of aromatic nitrogens is 4. The Bertz CT molecular complexity index is 656. The molecule has 0 saturated heterocycles. The van der Waals surface area contributed by atoms with E-state index < -0.39 is 0 Å². The molecule has 0 aliphatic carbocycles. The first-order valence-corrected chi connectivity index (χ1v) is 6.25. The highest BCUT2D eigenvalue weighted by Crippen LogP contribution is 2.31. The van der Waals surface area contributed by atoms with Gasteiger partial charge in [0.2, 0.25) is 5.88 Å². The van der Waals surface area contributed by atoms with Crippen molar-refractivity contribution in [2.24, 2.45) is 19.8 Å². The van der Waals surface area contributed by atoms with Crippen molar-refractivity contribution in [1.82, 2.24) is 19.6 Å². The summed E-state index contributed by atoms with van der Waals surface area (Å²) in [6.07, 6.45) is 0. The summed E-state index contributed by atoms with van der Waals surface area (Å²) >= 11 is 5.06. The van der Waals surface area contributed by atoms with Crippen molar-refractivity contribution >= 4 is 17.2 Å². The maximum Gasteiger partial charge on any atom is 0.228 e. The summed E-state index contributed by atoms with van der Waals surface area (Å²) in [6.45, 7) is 5.69. The first-order valence-electron chi connectivity index (χ1n) is 5.84. The zero-order chi connectivity index (χ0) is 14.3. The summed E-state index contributed by atoms with van der Waals surface area (Å²) in [4.78, 5) is 0.278. The van der Waals surface area contributed by atoms with Crippen LogP contribution in [0.5, 0.6) is 11.6 Å². The molecule has 0 radical (unpaired) electrons. The predicted molar refractivity (Wildman–Crippen MR) is 76.6 cm³/mol. The molecule has 0 bridgehead atoms. The van der Waals surface area contributed by atoms with Crippen molar-refractivity contribution in [2.45, 2.75) is 20.8 Å². The van der Waals surface area contributed by atoms with Crippen molar-refractivity contribution in [3.05, 3.63) is 22.6 Å². The van der Waals surface area contributed by atoms with Gasteiger partial charge in [0.15, 0.2) is 5.75 Å². The van der Waals surface area contributed by atoms with E-state index in [-0.39, 0.29) is 4.99 Å². The Balaban J connectivity index is 2.52. The molecule has 19 heavy (non-hydrogen) atoms. The highest BCUT2D eigenvalue weighted by Gasteiger charge is 2.20. The van der Waals surface area contributed by atoms with Gasteiger partial charge in [0, 0.05) is 14.1 Å². The van der Waals surface area contributed by atoms with Gasteiger partial charge in [-0.15, -0.1) is 0 Å². The molecule has 2 N–H and O–H groups in total. The minimum Gasteiger partial charge on any atom is -0.435 e. The van der Waals surface area contributed by atoms with Crippen molar-refractivity contribution in [1.29, 1.82) is 0 Å². The Morgan fingerprint density at radius 1 is 1.11 bits per heavy atom. The molecule has 7 heteroatoms. The molecule has 0 saturated carbocycles. The zero-order valence-corrected chi connectivity index (χ0v) is 12.5. The third-order valence-electron chi connectivity index (χ3n) is 3.06. The lowest BCUT2D eigenvalue weighted by atomic mass is 10.2. The van der Waals surface area contributed by atoms with Gasteiger partial charge in [-0.2, -0.15) is 10.2 Å². The number of ether oxygens (including phenoxy) is 1. The van der Waals surface area contributed by atoms with Gasteiger partial charge in [-0.3, -0.25) is 4.68 Å². The number of nitrogens with two attached hydrogens (primary N) is 1. The minimum atomic E-state index is 0.278. The van der Waals surface area contributed by atoms with E-state index in [9.17, 15) is 0 Å². The van der Waals surface area contributed by atoms with Crippen molar-refractivity contribution < 1.29 is 4.74 Å². The van der Waals surface area contributed by atoms with Gasteiger partial charge in [0.05, 0.1) is 17.0 Å².